The number of anilines is 2. The van der Waals surface area contributed by atoms with E-state index >= 15 is 0 Å². The fourth-order valence-corrected chi connectivity index (χ4v) is 3.08. The molecule has 0 spiro atoms. The number of benzene rings is 2. The molecule has 10 heteroatoms. The quantitative estimate of drug-likeness (QED) is 0.360. The van der Waals surface area contributed by atoms with E-state index in [2.05, 4.69) is 20.6 Å². The van der Waals surface area contributed by atoms with Crippen LogP contribution in [-0.4, -0.2) is 15.1 Å². The molecule has 0 bridgehead atoms. The van der Waals surface area contributed by atoms with E-state index in [-0.39, 0.29) is 41.2 Å². The Morgan fingerprint density at radius 3 is 2.17 bits per heavy atom. The number of nitrogens with zero attached hydrogens (tertiary/aromatic N) is 1. The number of imidazole rings is 1. The smallest absolute Gasteiger partial charge is 0.449 e. The van der Waals surface area contributed by atoms with Crippen molar-refractivity contribution in [3.63, 3.8) is 0 Å². The molecule has 0 aliphatic rings. The number of rotatable bonds is 6. The van der Waals surface area contributed by atoms with Crippen molar-refractivity contribution in [2.75, 3.05) is 10.6 Å². The SMILES string of the molecule is O=c1c(NCc2cccc(O)c2)c(NCc2ccc3nc(C(F)(F)F)[nH]c3c2)c1=O. The molecule has 4 rings (SSSR count). The summed E-state index contributed by atoms with van der Waals surface area (Å²) in [5.41, 5.74) is 0.631. The van der Waals surface area contributed by atoms with Crippen molar-refractivity contribution in [3.8, 4) is 5.75 Å². The number of hydrogen-bond donors (Lipinski definition) is 4. The molecule has 154 valence electrons. The van der Waals surface area contributed by atoms with Gasteiger partial charge in [0.15, 0.2) is 0 Å². The van der Waals surface area contributed by atoms with Crippen LogP contribution in [0.15, 0.2) is 52.1 Å². The third-order valence-electron chi connectivity index (χ3n) is 4.57. The van der Waals surface area contributed by atoms with Gasteiger partial charge in [-0.05, 0) is 35.4 Å². The molecule has 4 aromatic rings. The van der Waals surface area contributed by atoms with E-state index in [1.165, 1.54) is 24.3 Å². The second-order valence-corrected chi connectivity index (χ2v) is 6.72. The number of aromatic hydroxyl groups is 1. The van der Waals surface area contributed by atoms with Gasteiger partial charge in [-0.25, -0.2) is 4.98 Å². The number of nitrogens with one attached hydrogen (secondary N) is 3. The molecule has 0 amide bonds. The zero-order valence-electron chi connectivity index (χ0n) is 15.3. The van der Waals surface area contributed by atoms with Crippen LogP contribution in [0.2, 0.25) is 0 Å². The predicted molar refractivity (Wildman–Crippen MR) is 105 cm³/mol. The van der Waals surface area contributed by atoms with Gasteiger partial charge in [0, 0.05) is 13.1 Å². The minimum atomic E-state index is -4.57. The highest BCUT2D eigenvalue weighted by Crippen LogP contribution is 2.29. The molecule has 0 saturated heterocycles. The number of hydrogen-bond acceptors (Lipinski definition) is 6. The third-order valence-corrected chi connectivity index (χ3v) is 4.57. The van der Waals surface area contributed by atoms with Crippen molar-refractivity contribution in [1.82, 2.24) is 9.97 Å². The average Bonchev–Trinajstić information content (AvgIpc) is 3.13. The van der Waals surface area contributed by atoms with Crippen LogP contribution in [0.25, 0.3) is 11.0 Å². The van der Waals surface area contributed by atoms with E-state index in [0.29, 0.717) is 5.56 Å². The minimum Gasteiger partial charge on any atom is -0.508 e. The van der Waals surface area contributed by atoms with Crippen molar-refractivity contribution in [2.45, 2.75) is 19.3 Å². The zero-order valence-corrected chi connectivity index (χ0v) is 15.3. The van der Waals surface area contributed by atoms with Crippen molar-refractivity contribution in [1.29, 1.82) is 0 Å². The average molecular weight is 416 g/mol. The van der Waals surface area contributed by atoms with E-state index in [1.54, 1.807) is 18.2 Å². The molecule has 0 radical (unpaired) electrons. The van der Waals surface area contributed by atoms with Gasteiger partial charge in [-0.2, -0.15) is 13.2 Å². The Morgan fingerprint density at radius 2 is 1.57 bits per heavy atom. The van der Waals surface area contributed by atoms with E-state index in [0.717, 1.165) is 5.56 Å². The molecule has 4 N–H and O–H groups in total. The first-order chi connectivity index (χ1) is 14.2. The summed E-state index contributed by atoms with van der Waals surface area (Å²) in [7, 11) is 0. The molecular weight excluding hydrogens is 401 g/mol. The second-order valence-electron chi connectivity index (χ2n) is 6.72. The van der Waals surface area contributed by atoms with E-state index in [1.807, 2.05) is 0 Å². The number of aromatic nitrogens is 2. The van der Waals surface area contributed by atoms with Crippen LogP contribution < -0.4 is 21.5 Å². The largest absolute Gasteiger partial charge is 0.508 e. The fraction of sp³-hybridized carbons (Fsp3) is 0.150. The summed E-state index contributed by atoms with van der Waals surface area (Å²) in [5, 5.41) is 15.2. The number of alkyl halides is 3. The summed E-state index contributed by atoms with van der Waals surface area (Å²) in [5.74, 6) is -0.996. The van der Waals surface area contributed by atoms with Gasteiger partial charge in [0.1, 0.15) is 17.1 Å². The Kier molecular flexibility index (Phi) is 4.69. The number of H-pyrrole nitrogens is 1. The highest BCUT2D eigenvalue weighted by molar-refractivity contribution is 5.77. The number of phenols is 1. The maximum atomic E-state index is 12.8. The summed E-state index contributed by atoms with van der Waals surface area (Å²) in [6.45, 7) is 0.357. The topological polar surface area (TPSA) is 107 Å². The molecule has 3 aromatic carbocycles. The highest BCUT2D eigenvalue weighted by atomic mass is 19.4. The minimum absolute atomic E-state index is 0.0838. The first-order valence-corrected chi connectivity index (χ1v) is 8.87. The number of aromatic amines is 1. The Morgan fingerprint density at radius 1 is 0.933 bits per heavy atom. The lowest BCUT2D eigenvalue weighted by Gasteiger charge is -2.15. The summed E-state index contributed by atoms with van der Waals surface area (Å²) in [6.07, 6.45) is -4.57. The van der Waals surface area contributed by atoms with Gasteiger partial charge >= 0.3 is 6.18 Å². The molecule has 0 aliphatic heterocycles. The Hall–Kier alpha value is -3.82. The van der Waals surface area contributed by atoms with Crippen LogP contribution in [-0.2, 0) is 19.3 Å². The molecule has 0 aliphatic carbocycles. The maximum Gasteiger partial charge on any atom is 0.449 e. The fourth-order valence-electron chi connectivity index (χ4n) is 3.08. The predicted octanol–water partition coefficient (Wildman–Crippen LogP) is 3.11. The maximum absolute atomic E-state index is 12.8. The lowest BCUT2D eigenvalue weighted by molar-refractivity contribution is -0.144. The van der Waals surface area contributed by atoms with E-state index < -0.39 is 22.9 Å². The molecule has 7 nitrogen and oxygen atoms in total. The summed E-state index contributed by atoms with van der Waals surface area (Å²) < 4.78 is 38.3. The van der Waals surface area contributed by atoms with Gasteiger partial charge in [0.2, 0.25) is 5.82 Å². The molecule has 30 heavy (non-hydrogen) atoms. The second kappa shape index (κ2) is 7.21. The number of phenolic OH excluding ortho intramolecular Hbond substituents is 1. The summed E-state index contributed by atoms with van der Waals surface area (Å²) in [4.78, 5) is 29.5. The Bertz CT molecular complexity index is 1300. The van der Waals surface area contributed by atoms with Crippen molar-refractivity contribution in [3.05, 3.63) is 79.9 Å². The van der Waals surface area contributed by atoms with Gasteiger partial charge < -0.3 is 20.7 Å². The first-order valence-electron chi connectivity index (χ1n) is 8.87. The standard InChI is InChI=1S/C20H15F3N4O3/c21-20(22,23)19-26-13-5-4-11(7-14(13)27-19)9-25-16-15(17(29)18(16)30)24-8-10-2-1-3-12(28)6-10/h1-7,24-25,28H,8-9H2,(H,26,27). The Balaban J connectivity index is 1.47. The normalized spacial score (nSPS) is 11.8. The number of fused-ring (bicyclic) bond motifs is 1. The summed E-state index contributed by atoms with van der Waals surface area (Å²) in [6, 6.07) is 11.0. The van der Waals surface area contributed by atoms with Crippen LogP contribution in [0.3, 0.4) is 0 Å². The molecule has 0 atom stereocenters. The van der Waals surface area contributed by atoms with Crippen LogP contribution in [0.5, 0.6) is 5.75 Å². The van der Waals surface area contributed by atoms with Crippen molar-refractivity contribution < 1.29 is 18.3 Å². The molecule has 1 aromatic heterocycles. The molecule has 0 fully saturated rings. The van der Waals surface area contributed by atoms with Crippen LogP contribution in [0.4, 0.5) is 24.5 Å². The Labute approximate surface area is 166 Å². The molecular formula is C20H15F3N4O3. The lowest BCUT2D eigenvalue weighted by Crippen LogP contribution is -2.37. The number of halogens is 3. The van der Waals surface area contributed by atoms with E-state index in [4.69, 9.17) is 0 Å². The van der Waals surface area contributed by atoms with Gasteiger partial charge in [-0.15, -0.1) is 0 Å². The van der Waals surface area contributed by atoms with Gasteiger partial charge in [-0.3, -0.25) is 9.59 Å². The monoisotopic (exact) mass is 416 g/mol. The third kappa shape index (κ3) is 3.71. The molecule has 0 saturated carbocycles. The van der Waals surface area contributed by atoms with Gasteiger partial charge in [0.05, 0.1) is 11.0 Å². The highest BCUT2D eigenvalue weighted by Gasteiger charge is 2.34. The van der Waals surface area contributed by atoms with Crippen LogP contribution in [0.1, 0.15) is 17.0 Å². The zero-order chi connectivity index (χ0) is 21.5. The van der Waals surface area contributed by atoms with Gasteiger partial charge in [-0.1, -0.05) is 18.2 Å². The van der Waals surface area contributed by atoms with Gasteiger partial charge in [0.25, 0.3) is 10.9 Å². The van der Waals surface area contributed by atoms with Crippen molar-refractivity contribution in [2.24, 2.45) is 0 Å². The summed E-state index contributed by atoms with van der Waals surface area (Å²) >= 11 is 0. The van der Waals surface area contributed by atoms with Crippen LogP contribution >= 0.6 is 0 Å². The molecule has 1 heterocycles. The molecule has 0 unspecified atom stereocenters. The lowest BCUT2D eigenvalue weighted by atomic mass is 10.1. The van der Waals surface area contributed by atoms with Crippen LogP contribution in [0, 0.1) is 0 Å². The van der Waals surface area contributed by atoms with E-state index in [9.17, 15) is 27.9 Å². The van der Waals surface area contributed by atoms with Crippen molar-refractivity contribution >= 4 is 22.4 Å². The first kappa shape index (κ1) is 19.5.